The van der Waals surface area contributed by atoms with E-state index in [4.69, 9.17) is 10.3 Å². The molecular formula is C14H18N4O2. The molecule has 20 heavy (non-hydrogen) atoms. The molecule has 1 aliphatic rings. The van der Waals surface area contributed by atoms with Gasteiger partial charge < -0.3 is 20.7 Å². The van der Waals surface area contributed by atoms with Crippen LogP contribution in [0.1, 0.15) is 42.2 Å². The van der Waals surface area contributed by atoms with Crippen molar-refractivity contribution in [2.75, 3.05) is 6.54 Å². The maximum Gasteiger partial charge on any atom is 0.243 e. The Bertz CT molecular complexity index is 561. The van der Waals surface area contributed by atoms with Crippen LogP contribution in [0.4, 0.5) is 0 Å². The second kappa shape index (κ2) is 5.60. The maximum absolute atomic E-state index is 9.25. The van der Waals surface area contributed by atoms with E-state index >= 15 is 0 Å². The predicted molar refractivity (Wildman–Crippen MR) is 73.0 cm³/mol. The largest absolute Gasteiger partial charge is 0.508 e. The Balaban J connectivity index is 1.67. The molecule has 1 aliphatic heterocycles. The number of hydrogen-bond acceptors (Lipinski definition) is 6. The van der Waals surface area contributed by atoms with Gasteiger partial charge in [0.05, 0.1) is 12.1 Å². The molecular weight excluding hydrogens is 256 g/mol. The lowest BCUT2D eigenvalue weighted by molar-refractivity contribution is 0.339. The molecule has 0 amide bonds. The van der Waals surface area contributed by atoms with Crippen LogP contribution >= 0.6 is 0 Å². The van der Waals surface area contributed by atoms with E-state index in [1.807, 2.05) is 12.1 Å². The zero-order chi connectivity index (χ0) is 13.9. The van der Waals surface area contributed by atoms with Crippen molar-refractivity contribution < 1.29 is 9.63 Å². The van der Waals surface area contributed by atoms with Gasteiger partial charge in [-0.1, -0.05) is 17.3 Å². The highest BCUT2D eigenvalue weighted by molar-refractivity contribution is 5.26. The van der Waals surface area contributed by atoms with Gasteiger partial charge in [-0.3, -0.25) is 0 Å². The maximum atomic E-state index is 9.25. The molecule has 0 aliphatic carbocycles. The van der Waals surface area contributed by atoms with Gasteiger partial charge >= 0.3 is 0 Å². The van der Waals surface area contributed by atoms with Crippen molar-refractivity contribution in [2.45, 2.75) is 31.3 Å². The number of aromatic nitrogens is 2. The lowest BCUT2D eigenvalue weighted by atomic mass is 10.1. The molecule has 106 valence electrons. The van der Waals surface area contributed by atoms with E-state index in [0.29, 0.717) is 18.1 Å². The lowest BCUT2D eigenvalue weighted by Crippen LogP contribution is -2.16. The third kappa shape index (κ3) is 2.81. The number of benzene rings is 1. The van der Waals surface area contributed by atoms with Crippen molar-refractivity contribution in [3.63, 3.8) is 0 Å². The standard InChI is InChI=1S/C14H18N4O2/c15-11(8-9-3-5-10(19)6-4-9)13-17-14(20-18-13)12-2-1-7-16-12/h3-6,11-12,16,19H,1-2,7-8,15H2/t11-,12-/m0/s1. The summed E-state index contributed by atoms with van der Waals surface area (Å²) in [4.78, 5) is 4.39. The summed E-state index contributed by atoms with van der Waals surface area (Å²) in [6.07, 6.45) is 2.76. The number of rotatable bonds is 4. The molecule has 1 aromatic carbocycles. The van der Waals surface area contributed by atoms with Gasteiger partial charge in [0.2, 0.25) is 5.89 Å². The Hall–Kier alpha value is -1.92. The van der Waals surface area contributed by atoms with Gasteiger partial charge in [0, 0.05) is 0 Å². The van der Waals surface area contributed by atoms with Gasteiger partial charge in [0.1, 0.15) is 5.75 Å². The number of phenols is 1. The van der Waals surface area contributed by atoms with Crippen LogP contribution in [-0.2, 0) is 6.42 Å². The summed E-state index contributed by atoms with van der Waals surface area (Å²) in [5.41, 5.74) is 7.14. The summed E-state index contributed by atoms with van der Waals surface area (Å²) < 4.78 is 5.28. The second-order valence-electron chi connectivity index (χ2n) is 5.12. The Kier molecular flexibility index (Phi) is 3.66. The molecule has 1 aromatic heterocycles. The van der Waals surface area contributed by atoms with Crippen LogP contribution in [0.5, 0.6) is 5.75 Å². The van der Waals surface area contributed by atoms with E-state index < -0.39 is 0 Å². The fraction of sp³-hybridized carbons (Fsp3) is 0.429. The molecule has 0 bridgehead atoms. The average molecular weight is 274 g/mol. The smallest absolute Gasteiger partial charge is 0.243 e. The van der Waals surface area contributed by atoms with E-state index in [0.717, 1.165) is 24.9 Å². The van der Waals surface area contributed by atoms with Crippen molar-refractivity contribution >= 4 is 0 Å². The van der Waals surface area contributed by atoms with Crippen molar-refractivity contribution in [3.8, 4) is 5.75 Å². The van der Waals surface area contributed by atoms with E-state index in [1.54, 1.807) is 12.1 Å². The van der Waals surface area contributed by atoms with Gasteiger partial charge in [-0.15, -0.1) is 0 Å². The SMILES string of the molecule is N[C@@H](Cc1ccc(O)cc1)c1noc([C@@H]2CCCN2)n1. The van der Waals surface area contributed by atoms with Gasteiger partial charge in [-0.2, -0.15) is 4.98 Å². The Labute approximate surface area is 117 Å². The topological polar surface area (TPSA) is 97.2 Å². The predicted octanol–water partition coefficient (Wildman–Crippen LogP) is 1.44. The fourth-order valence-electron chi connectivity index (χ4n) is 2.41. The zero-order valence-corrected chi connectivity index (χ0v) is 11.1. The molecule has 0 spiro atoms. The van der Waals surface area contributed by atoms with E-state index in [-0.39, 0.29) is 17.8 Å². The number of hydrogen-bond donors (Lipinski definition) is 3. The molecule has 1 saturated heterocycles. The summed E-state index contributed by atoms with van der Waals surface area (Å²) in [6, 6.07) is 6.83. The van der Waals surface area contributed by atoms with Crippen LogP contribution in [0.25, 0.3) is 0 Å². The number of nitrogens with one attached hydrogen (secondary N) is 1. The van der Waals surface area contributed by atoms with Gasteiger partial charge in [0.15, 0.2) is 5.82 Å². The molecule has 2 heterocycles. The quantitative estimate of drug-likeness (QED) is 0.780. The number of nitrogens with zero attached hydrogens (tertiary/aromatic N) is 2. The second-order valence-corrected chi connectivity index (χ2v) is 5.12. The van der Waals surface area contributed by atoms with E-state index in [2.05, 4.69) is 15.5 Å². The summed E-state index contributed by atoms with van der Waals surface area (Å²) in [5, 5.41) is 16.5. The minimum atomic E-state index is -0.307. The normalized spacial score (nSPS) is 20.1. The summed E-state index contributed by atoms with van der Waals surface area (Å²) in [7, 11) is 0. The Morgan fingerprint density at radius 1 is 1.40 bits per heavy atom. The first-order chi connectivity index (χ1) is 9.72. The fourth-order valence-corrected chi connectivity index (χ4v) is 2.41. The molecule has 0 saturated carbocycles. The summed E-state index contributed by atoms with van der Waals surface area (Å²) in [5.74, 6) is 1.40. The van der Waals surface area contributed by atoms with Crippen molar-refractivity contribution in [3.05, 3.63) is 41.5 Å². The third-order valence-corrected chi connectivity index (χ3v) is 3.54. The molecule has 6 heteroatoms. The van der Waals surface area contributed by atoms with Crippen LogP contribution in [-0.4, -0.2) is 21.8 Å². The van der Waals surface area contributed by atoms with Crippen LogP contribution in [0.3, 0.4) is 0 Å². The molecule has 6 nitrogen and oxygen atoms in total. The van der Waals surface area contributed by atoms with E-state index in [9.17, 15) is 5.11 Å². The molecule has 3 rings (SSSR count). The number of phenolic OH excluding ortho intramolecular Hbond substituents is 1. The lowest BCUT2D eigenvalue weighted by Gasteiger charge is -2.07. The third-order valence-electron chi connectivity index (χ3n) is 3.54. The van der Waals surface area contributed by atoms with Crippen molar-refractivity contribution in [1.82, 2.24) is 15.5 Å². The van der Waals surface area contributed by atoms with Crippen LogP contribution in [0, 0.1) is 0 Å². The van der Waals surface area contributed by atoms with Crippen LogP contribution in [0.2, 0.25) is 0 Å². The Morgan fingerprint density at radius 3 is 2.90 bits per heavy atom. The van der Waals surface area contributed by atoms with Gasteiger partial charge in [-0.25, -0.2) is 0 Å². The molecule has 1 fully saturated rings. The molecule has 4 N–H and O–H groups in total. The summed E-state index contributed by atoms with van der Waals surface area (Å²) >= 11 is 0. The highest BCUT2D eigenvalue weighted by atomic mass is 16.5. The van der Waals surface area contributed by atoms with E-state index in [1.165, 1.54) is 0 Å². The first-order valence-corrected chi connectivity index (χ1v) is 6.83. The first kappa shape index (κ1) is 13.1. The minimum Gasteiger partial charge on any atom is -0.508 e. The van der Waals surface area contributed by atoms with Crippen molar-refractivity contribution in [2.24, 2.45) is 5.73 Å². The molecule has 0 unspecified atom stereocenters. The minimum absolute atomic E-state index is 0.164. The zero-order valence-electron chi connectivity index (χ0n) is 11.1. The number of nitrogens with two attached hydrogens (primary N) is 1. The van der Waals surface area contributed by atoms with Crippen LogP contribution < -0.4 is 11.1 Å². The monoisotopic (exact) mass is 274 g/mol. The van der Waals surface area contributed by atoms with Gasteiger partial charge in [-0.05, 0) is 43.5 Å². The van der Waals surface area contributed by atoms with Gasteiger partial charge in [0.25, 0.3) is 0 Å². The first-order valence-electron chi connectivity index (χ1n) is 6.83. The van der Waals surface area contributed by atoms with Crippen LogP contribution in [0.15, 0.2) is 28.8 Å². The molecule has 2 atom stereocenters. The number of aromatic hydroxyl groups is 1. The highest BCUT2D eigenvalue weighted by Gasteiger charge is 2.24. The van der Waals surface area contributed by atoms with Crippen molar-refractivity contribution in [1.29, 1.82) is 0 Å². The average Bonchev–Trinajstić information content (AvgIpc) is 3.11. The molecule has 2 aromatic rings. The molecule has 0 radical (unpaired) electrons. The summed E-state index contributed by atoms with van der Waals surface area (Å²) in [6.45, 7) is 0.988. The highest BCUT2D eigenvalue weighted by Crippen LogP contribution is 2.23. The Morgan fingerprint density at radius 2 is 2.20 bits per heavy atom.